The summed E-state index contributed by atoms with van der Waals surface area (Å²) >= 11 is 0. The van der Waals surface area contributed by atoms with Crippen LogP contribution < -0.4 is 10.6 Å². The van der Waals surface area contributed by atoms with Crippen molar-refractivity contribution in [3.8, 4) is 0 Å². The average Bonchev–Trinajstić information content (AvgIpc) is 3.28. The highest BCUT2D eigenvalue weighted by molar-refractivity contribution is 7.89. The summed E-state index contributed by atoms with van der Waals surface area (Å²) in [5.74, 6) is -0.360. The van der Waals surface area contributed by atoms with Gasteiger partial charge in [0.15, 0.2) is 5.76 Å². The van der Waals surface area contributed by atoms with Crippen LogP contribution in [0, 0.1) is 19.8 Å². The standard InChI is InChI=1S/C18H28N4O5S/c1-12-15(13(2)27-21-12)28(25,26)22-10-6-14(7-11-22)16(23)20-18(17(24)19-3)8-4-5-9-18/h14H,4-11H2,1-3H3,(H,19,24)(H,20,23). The Labute approximate surface area is 165 Å². The zero-order valence-electron chi connectivity index (χ0n) is 16.6. The molecule has 0 bridgehead atoms. The SMILES string of the molecule is CNC(=O)C1(NC(=O)C2CCN(S(=O)(=O)c3c(C)noc3C)CC2)CCCC1. The number of hydrogen-bond acceptors (Lipinski definition) is 6. The lowest BCUT2D eigenvalue weighted by Crippen LogP contribution is -2.58. The Balaban J connectivity index is 1.65. The number of piperidine rings is 1. The molecule has 3 rings (SSSR count). The summed E-state index contributed by atoms with van der Waals surface area (Å²) in [6.45, 7) is 3.67. The number of carbonyl (C=O) groups excluding carboxylic acids is 2. The molecule has 2 fully saturated rings. The lowest BCUT2D eigenvalue weighted by atomic mass is 9.92. The molecule has 0 radical (unpaired) electrons. The molecule has 1 saturated carbocycles. The van der Waals surface area contributed by atoms with Crippen LogP contribution in [-0.2, 0) is 19.6 Å². The molecular weight excluding hydrogens is 384 g/mol. The Morgan fingerprint density at radius 1 is 1.18 bits per heavy atom. The predicted molar refractivity (Wildman–Crippen MR) is 101 cm³/mol. The van der Waals surface area contributed by atoms with Crippen molar-refractivity contribution in [2.24, 2.45) is 5.92 Å². The molecule has 156 valence electrons. The number of amides is 2. The third-order valence-corrected chi connectivity index (χ3v) is 8.02. The van der Waals surface area contributed by atoms with E-state index in [1.807, 2.05) is 0 Å². The highest BCUT2D eigenvalue weighted by Gasteiger charge is 2.43. The first-order valence-corrected chi connectivity index (χ1v) is 11.1. The maximum atomic E-state index is 12.9. The van der Waals surface area contributed by atoms with Crippen LogP contribution in [0.2, 0.25) is 0 Å². The fourth-order valence-electron chi connectivity index (χ4n) is 4.29. The summed E-state index contributed by atoms with van der Waals surface area (Å²) in [6, 6.07) is 0. The molecule has 0 spiro atoms. The van der Waals surface area contributed by atoms with Gasteiger partial charge in [-0.3, -0.25) is 9.59 Å². The van der Waals surface area contributed by atoms with E-state index in [1.54, 1.807) is 20.9 Å². The molecule has 9 nitrogen and oxygen atoms in total. The maximum Gasteiger partial charge on any atom is 0.248 e. The summed E-state index contributed by atoms with van der Waals surface area (Å²) in [5.41, 5.74) is -0.489. The van der Waals surface area contributed by atoms with E-state index in [9.17, 15) is 18.0 Å². The molecule has 2 aliphatic rings. The van der Waals surface area contributed by atoms with E-state index in [0.717, 1.165) is 12.8 Å². The number of aryl methyl sites for hydroxylation is 2. The van der Waals surface area contributed by atoms with Gasteiger partial charge in [0, 0.05) is 26.1 Å². The van der Waals surface area contributed by atoms with Crippen molar-refractivity contribution in [3.05, 3.63) is 11.5 Å². The van der Waals surface area contributed by atoms with E-state index < -0.39 is 15.6 Å². The van der Waals surface area contributed by atoms with Crippen LogP contribution in [0.5, 0.6) is 0 Å². The van der Waals surface area contributed by atoms with Crippen LogP contribution in [0.4, 0.5) is 0 Å². The van der Waals surface area contributed by atoms with Crippen molar-refractivity contribution in [2.75, 3.05) is 20.1 Å². The van der Waals surface area contributed by atoms with E-state index in [-0.39, 0.29) is 41.5 Å². The molecule has 1 aliphatic heterocycles. The summed E-state index contributed by atoms with van der Waals surface area (Å²) in [4.78, 5) is 25.2. The molecule has 1 aliphatic carbocycles. The molecule has 28 heavy (non-hydrogen) atoms. The normalized spacial score (nSPS) is 20.8. The Bertz CT molecular complexity index is 830. The van der Waals surface area contributed by atoms with Gasteiger partial charge in [-0.25, -0.2) is 8.42 Å². The minimum absolute atomic E-state index is 0.111. The summed E-state index contributed by atoms with van der Waals surface area (Å²) in [6.07, 6.45) is 3.91. The Hall–Kier alpha value is -1.94. The molecule has 1 aromatic rings. The zero-order chi connectivity index (χ0) is 20.5. The Kier molecular flexibility index (Phi) is 5.81. The number of sulfonamides is 1. The minimum Gasteiger partial charge on any atom is -0.360 e. The molecule has 10 heteroatoms. The fraction of sp³-hybridized carbons (Fsp3) is 0.722. The van der Waals surface area contributed by atoms with Crippen molar-refractivity contribution in [1.82, 2.24) is 20.1 Å². The quantitative estimate of drug-likeness (QED) is 0.740. The van der Waals surface area contributed by atoms with Crippen LogP contribution in [-0.4, -0.2) is 55.4 Å². The summed E-state index contributed by atoms with van der Waals surface area (Å²) in [5, 5.41) is 9.35. The first kappa shape index (κ1) is 20.8. The van der Waals surface area contributed by atoms with Crippen molar-refractivity contribution in [3.63, 3.8) is 0 Å². The summed E-state index contributed by atoms with van der Waals surface area (Å²) < 4.78 is 32.2. The van der Waals surface area contributed by atoms with Crippen molar-refractivity contribution >= 4 is 21.8 Å². The van der Waals surface area contributed by atoms with Crippen molar-refractivity contribution in [1.29, 1.82) is 0 Å². The van der Waals surface area contributed by atoms with E-state index in [0.29, 0.717) is 31.4 Å². The van der Waals surface area contributed by atoms with Crippen LogP contribution >= 0.6 is 0 Å². The Morgan fingerprint density at radius 2 is 1.79 bits per heavy atom. The third kappa shape index (κ3) is 3.67. The van der Waals surface area contributed by atoms with Gasteiger partial charge in [0.2, 0.25) is 21.8 Å². The van der Waals surface area contributed by atoms with Gasteiger partial charge in [-0.2, -0.15) is 4.31 Å². The van der Waals surface area contributed by atoms with Gasteiger partial charge in [0.05, 0.1) is 0 Å². The topological polar surface area (TPSA) is 122 Å². The second-order valence-corrected chi connectivity index (χ2v) is 9.56. The highest BCUT2D eigenvalue weighted by Crippen LogP contribution is 2.32. The number of nitrogens with zero attached hydrogens (tertiary/aromatic N) is 2. The van der Waals surface area contributed by atoms with E-state index in [1.165, 1.54) is 4.31 Å². The van der Waals surface area contributed by atoms with Gasteiger partial charge in [0.1, 0.15) is 16.1 Å². The smallest absolute Gasteiger partial charge is 0.248 e. The van der Waals surface area contributed by atoms with Gasteiger partial charge in [-0.15, -0.1) is 0 Å². The number of likely N-dealkylation sites (N-methyl/N-ethyl adjacent to an activating group) is 1. The first-order chi connectivity index (χ1) is 13.2. The van der Waals surface area contributed by atoms with Crippen LogP contribution in [0.25, 0.3) is 0 Å². The number of rotatable bonds is 5. The number of carbonyl (C=O) groups is 2. The molecule has 2 N–H and O–H groups in total. The number of hydrogen-bond donors (Lipinski definition) is 2. The van der Waals surface area contributed by atoms with Gasteiger partial charge < -0.3 is 15.2 Å². The first-order valence-electron chi connectivity index (χ1n) is 9.68. The van der Waals surface area contributed by atoms with E-state index in [4.69, 9.17) is 4.52 Å². The molecule has 1 saturated heterocycles. The second-order valence-electron chi connectivity index (χ2n) is 7.69. The third-order valence-electron chi connectivity index (χ3n) is 5.87. The number of aromatic nitrogens is 1. The second kappa shape index (κ2) is 7.82. The van der Waals surface area contributed by atoms with Crippen molar-refractivity contribution in [2.45, 2.75) is 62.8 Å². The minimum atomic E-state index is -3.70. The van der Waals surface area contributed by atoms with E-state index in [2.05, 4.69) is 15.8 Å². The summed E-state index contributed by atoms with van der Waals surface area (Å²) in [7, 11) is -2.12. The number of nitrogens with one attached hydrogen (secondary N) is 2. The monoisotopic (exact) mass is 412 g/mol. The molecule has 0 aromatic carbocycles. The van der Waals surface area contributed by atoms with Gasteiger partial charge in [-0.1, -0.05) is 18.0 Å². The fourth-order valence-corrected chi connectivity index (χ4v) is 6.06. The average molecular weight is 413 g/mol. The Morgan fingerprint density at radius 3 is 2.29 bits per heavy atom. The van der Waals surface area contributed by atoms with Crippen molar-refractivity contribution < 1.29 is 22.5 Å². The van der Waals surface area contributed by atoms with Crippen LogP contribution in [0.15, 0.2) is 9.42 Å². The van der Waals surface area contributed by atoms with Gasteiger partial charge in [0.25, 0.3) is 0 Å². The molecule has 0 atom stereocenters. The van der Waals surface area contributed by atoms with Crippen LogP contribution in [0.1, 0.15) is 50.0 Å². The maximum absolute atomic E-state index is 12.9. The van der Waals surface area contributed by atoms with E-state index >= 15 is 0 Å². The molecule has 0 unspecified atom stereocenters. The van der Waals surface area contributed by atoms with Gasteiger partial charge >= 0.3 is 0 Å². The largest absolute Gasteiger partial charge is 0.360 e. The highest BCUT2D eigenvalue weighted by atomic mass is 32.2. The molecule has 2 amide bonds. The predicted octanol–water partition coefficient (Wildman–Crippen LogP) is 0.867. The van der Waals surface area contributed by atoms with Crippen LogP contribution in [0.3, 0.4) is 0 Å². The van der Waals surface area contributed by atoms with Gasteiger partial charge in [-0.05, 0) is 39.5 Å². The molecule has 2 heterocycles. The molecular formula is C18H28N4O5S. The lowest BCUT2D eigenvalue weighted by molar-refractivity contribution is -0.135. The zero-order valence-corrected chi connectivity index (χ0v) is 17.4. The lowest BCUT2D eigenvalue weighted by Gasteiger charge is -2.34. The molecule has 1 aromatic heterocycles.